The molecule has 0 radical (unpaired) electrons. The Morgan fingerprint density at radius 1 is 0.947 bits per heavy atom. The zero-order valence-electron chi connectivity index (χ0n) is 22.3. The van der Waals surface area contributed by atoms with Gasteiger partial charge < -0.3 is 15.0 Å². The lowest BCUT2D eigenvalue weighted by molar-refractivity contribution is -0.139. The topological polar surface area (TPSA) is 96.0 Å². The summed E-state index contributed by atoms with van der Waals surface area (Å²) in [6.07, 6.45) is 0. The van der Waals surface area contributed by atoms with Gasteiger partial charge in [-0.05, 0) is 57.5 Å². The van der Waals surface area contributed by atoms with Crippen LogP contribution >= 0.6 is 0 Å². The van der Waals surface area contributed by atoms with Crippen LogP contribution in [-0.2, 0) is 26.2 Å². The molecule has 1 N–H and O–H groups in total. The molecule has 0 saturated heterocycles. The van der Waals surface area contributed by atoms with E-state index >= 15 is 0 Å². The highest BCUT2D eigenvalue weighted by Crippen LogP contribution is 2.32. The molecule has 0 bridgehead atoms. The molecule has 0 heterocycles. The number of benzene rings is 3. The monoisotopic (exact) mass is 537 g/mol. The number of nitrogens with one attached hydrogen (secondary N) is 1. The molecule has 2 amide bonds. The first-order valence-electron chi connectivity index (χ1n) is 12.6. The molecule has 0 spiro atoms. The third-order valence-electron chi connectivity index (χ3n) is 6.00. The van der Waals surface area contributed by atoms with Crippen LogP contribution in [0.15, 0.2) is 83.8 Å². The van der Waals surface area contributed by atoms with Crippen LogP contribution in [-0.4, -0.2) is 50.9 Å². The van der Waals surface area contributed by atoms with Crippen molar-refractivity contribution in [3.05, 3.63) is 90.0 Å². The van der Waals surface area contributed by atoms with Crippen molar-refractivity contribution in [3.63, 3.8) is 0 Å². The molecule has 202 valence electrons. The van der Waals surface area contributed by atoms with Gasteiger partial charge in [0.15, 0.2) is 0 Å². The van der Waals surface area contributed by atoms with E-state index in [2.05, 4.69) is 5.32 Å². The number of nitrogens with zero attached hydrogens (tertiary/aromatic N) is 2. The fourth-order valence-corrected chi connectivity index (χ4v) is 5.53. The number of rotatable bonds is 12. The van der Waals surface area contributed by atoms with Gasteiger partial charge in [-0.1, -0.05) is 60.2 Å². The van der Waals surface area contributed by atoms with Crippen LogP contribution in [0, 0.1) is 6.92 Å². The number of aryl methyl sites for hydroxylation is 1. The average molecular weight is 538 g/mol. The molecule has 38 heavy (non-hydrogen) atoms. The number of likely N-dealkylation sites (N-methyl/N-ethyl adjacent to an activating group) is 1. The smallest absolute Gasteiger partial charge is 0.264 e. The molecule has 0 saturated carbocycles. The number of amides is 2. The summed E-state index contributed by atoms with van der Waals surface area (Å²) < 4.78 is 34.5. The maximum Gasteiger partial charge on any atom is 0.264 e. The lowest BCUT2D eigenvalue weighted by atomic mass is 10.1. The maximum absolute atomic E-state index is 13.9. The molecule has 1 atom stereocenters. The van der Waals surface area contributed by atoms with Gasteiger partial charge in [0.1, 0.15) is 18.3 Å². The van der Waals surface area contributed by atoms with E-state index in [9.17, 15) is 18.0 Å². The van der Waals surface area contributed by atoms with Crippen LogP contribution in [0.3, 0.4) is 0 Å². The van der Waals surface area contributed by atoms with Gasteiger partial charge in [-0.3, -0.25) is 13.9 Å². The minimum absolute atomic E-state index is 0.0427. The van der Waals surface area contributed by atoms with Crippen molar-refractivity contribution in [1.29, 1.82) is 0 Å². The molecule has 3 aromatic rings. The van der Waals surface area contributed by atoms with E-state index < -0.39 is 28.5 Å². The molecular formula is C29H35N3O5S. The van der Waals surface area contributed by atoms with Crippen molar-refractivity contribution in [2.75, 3.05) is 24.0 Å². The minimum atomic E-state index is -4.15. The molecule has 3 rings (SSSR count). The third kappa shape index (κ3) is 6.92. The summed E-state index contributed by atoms with van der Waals surface area (Å²) in [7, 11) is -4.15. The van der Waals surface area contributed by atoms with Crippen LogP contribution in [0.2, 0.25) is 0 Å². The Kier molecular flexibility index (Phi) is 9.90. The number of hydrogen-bond acceptors (Lipinski definition) is 5. The van der Waals surface area contributed by atoms with Crippen LogP contribution in [0.4, 0.5) is 5.69 Å². The van der Waals surface area contributed by atoms with Crippen LogP contribution in [0.25, 0.3) is 0 Å². The second kappa shape index (κ2) is 13.1. The summed E-state index contributed by atoms with van der Waals surface area (Å²) in [5.74, 6) is -0.499. The predicted molar refractivity (Wildman–Crippen MR) is 148 cm³/mol. The zero-order valence-corrected chi connectivity index (χ0v) is 23.1. The van der Waals surface area contributed by atoms with Gasteiger partial charge in [-0.25, -0.2) is 8.42 Å². The highest BCUT2D eigenvalue weighted by molar-refractivity contribution is 7.92. The van der Waals surface area contributed by atoms with Gasteiger partial charge in [0.2, 0.25) is 11.8 Å². The van der Waals surface area contributed by atoms with Gasteiger partial charge in [0.25, 0.3) is 10.0 Å². The molecule has 0 unspecified atom stereocenters. The highest BCUT2D eigenvalue weighted by Gasteiger charge is 2.33. The van der Waals surface area contributed by atoms with Gasteiger partial charge in [0.05, 0.1) is 17.2 Å². The van der Waals surface area contributed by atoms with E-state index in [1.54, 1.807) is 63.2 Å². The molecule has 9 heteroatoms. The van der Waals surface area contributed by atoms with Gasteiger partial charge in [0, 0.05) is 13.1 Å². The Morgan fingerprint density at radius 2 is 1.63 bits per heavy atom. The van der Waals surface area contributed by atoms with Crippen LogP contribution in [0.5, 0.6) is 5.75 Å². The minimum Gasteiger partial charge on any atom is -0.492 e. The van der Waals surface area contributed by atoms with Gasteiger partial charge in [-0.2, -0.15) is 0 Å². The Morgan fingerprint density at radius 3 is 2.29 bits per heavy atom. The fraction of sp³-hybridized carbons (Fsp3) is 0.310. The molecule has 0 aliphatic heterocycles. The molecular weight excluding hydrogens is 502 g/mol. The predicted octanol–water partition coefficient (Wildman–Crippen LogP) is 4.14. The Labute approximate surface area is 225 Å². The van der Waals surface area contributed by atoms with Crippen LogP contribution < -0.4 is 14.4 Å². The molecule has 3 aromatic carbocycles. The SMILES string of the molecule is CCNC(=O)[C@H](C)N(Cc1cccc(C)c1)C(=O)CN(c1ccccc1OCC)S(=O)(=O)c1ccccc1. The van der Waals surface area contributed by atoms with Gasteiger partial charge >= 0.3 is 0 Å². The Hall–Kier alpha value is -3.85. The zero-order chi connectivity index (χ0) is 27.7. The summed E-state index contributed by atoms with van der Waals surface area (Å²) in [4.78, 5) is 28.2. The standard InChI is InChI=1S/C29H35N3O5S/c1-5-30-29(34)23(4)31(20-24-14-12-13-22(3)19-24)28(33)21-32(26-17-10-11-18-27(26)37-6-2)38(35,36)25-15-8-7-9-16-25/h7-19,23H,5-6,20-21H2,1-4H3,(H,30,34)/t23-/m0/s1. The van der Waals surface area contributed by atoms with E-state index in [-0.39, 0.29) is 23.0 Å². The molecule has 0 aromatic heterocycles. The average Bonchev–Trinajstić information content (AvgIpc) is 2.91. The highest BCUT2D eigenvalue weighted by atomic mass is 32.2. The van der Waals surface area contributed by atoms with E-state index in [1.807, 2.05) is 31.2 Å². The lowest BCUT2D eigenvalue weighted by Crippen LogP contribution is -2.51. The van der Waals surface area contributed by atoms with Gasteiger partial charge in [-0.15, -0.1) is 0 Å². The van der Waals surface area contributed by atoms with E-state index in [0.29, 0.717) is 18.9 Å². The largest absolute Gasteiger partial charge is 0.492 e. The van der Waals surface area contributed by atoms with Crippen molar-refractivity contribution in [2.45, 2.75) is 45.2 Å². The molecule has 0 aliphatic carbocycles. The van der Waals surface area contributed by atoms with Crippen molar-refractivity contribution < 1.29 is 22.7 Å². The summed E-state index contributed by atoms with van der Waals surface area (Å²) in [5.41, 5.74) is 2.09. The van der Waals surface area contributed by atoms with Crippen molar-refractivity contribution in [1.82, 2.24) is 10.2 Å². The number of anilines is 1. The summed E-state index contributed by atoms with van der Waals surface area (Å²) in [6.45, 7) is 7.54. The quantitative estimate of drug-likeness (QED) is 0.375. The summed E-state index contributed by atoms with van der Waals surface area (Å²) in [6, 6.07) is 21.5. The second-order valence-electron chi connectivity index (χ2n) is 8.81. The van der Waals surface area contributed by atoms with Crippen molar-refractivity contribution in [2.24, 2.45) is 0 Å². The van der Waals surface area contributed by atoms with Crippen LogP contribution in [0.1, 0.15) is 31.9 Å². The van der Waals surface area contributed by atoms with Crippen molar-refractivity contribution in [3.8, 4) is 5.75 Å². The first-order chi connectivity index (χ1) is 18.2. The summed E-state index contributed by atoms with van der Waals surface area (Å²) >= 11 is 0. The molecule has 0 aliphatic rings. The first kappa shape index (κ1) is 28.7. The number of carbonyl (C=O) groups excluding carboxylic acids is 2. The molecule has 8 nitrogen and oxygen atoms in total. The van der Waals surface area contributed by atoms with E-state index in [1.165, 1.54) is 17.0 Å². The Bertz CT molecular complexity index is 1350. The first-order valence-corrected chi connectivity index (χ1v) is 14.0. The second-order valence-corrected chi connectivity index (χ2v) is 10.7. The normalized spacial score (nSPS) is 11.9. The summed E-state index contributed by atoms with van der Waals surface area (Å²) in [5, 5.41) is 2.76. The molecule has 0 fully saturated rings. The van der Waals surface area contributed by atoms with Crippen molar-refractivity contribution >= 4 is 27.5 Å². The number of para-hydroxylation sites is 2. The number of carbonyl (C=O) groups is 2. The van der Waals surface area contributed by atoms with E-state index in [4.69, 9.17) is 4.74 Å². The number of hydrogen-bond donors (Lipinski definition) is 1. The maximum atomic E-state index is 13.9. The third-order valence-corrected chi connectivity index (χ3v) is 7.77. The Balaban J connectivity index is 2.07. The number of ether oxygens (including phenoxy) is 1. The fourth-order valence-electron chi connectivity index (χ4n) is 4.09. The lowest BCUT2D eigenvalue weighted by Gasteiger charge is -2.32. The van der Waals surface area contributed by atoms with E-state index in [0.717, 1.165) is 15.4 Å². The number of sulfonamides is 1.